The molecule has 0 atom stereocenters. The summed E-state index contributed by atoms with van der Waals surface area (Å²) in [5.41, 5.74) is -0.0112. The van der Waals surface area contributed by atoms with Gasteiger partial charge in [-0.3, -0.25) is 4.72 Å². The Balaban J connectivity index is 2.16. The third kappa shape index (κ3) is 2.91. The van der Waals surface area contributed by atoms with Gasteiger partial charge in [0.1, 0.15) is 11.6 Å². The zero-order chi connectivity index (χ0) is 13.2. The lowest BCUT2D eigenvalue weighted by molar-refractivity contribution is 0.0984. The van der Waals surface area contributed by atoms with E-state index >= 15 is 0 Å². The van der Waals surface area contributed by atoms with E-state index in [-0.39, 0.29) is 5.69 Å². The monoisotopic (exact) mass is 275 g/mol. The van der Waals surface area contributed by atoms with Crippen molar-refractivity contribution in [3.63, 3.8) is 0 Å². The van der Waals surface area contributed by atoms with Crippen molar-refractivity contribution in [3.05, 3.63) is 24.0 Å². The summed E-state index contributed by atoms with van der Waals surface area (Å²) >= 11 is 0. The number of hydrogen-bond acceptors (Lipinski definition) is 4. The van der Waals surface area contributed by atoms with Crippen molar-refractivity contribution in [2.45, 2.75) is 18.1 Å². The predicted octanol–water partition coefficient (Wildman–Crippen LogP) is 1.45. The van der Waals surface area contributed by atoms with E-state index in [0.717, 1.165) is 12.1 Å². The molecule has 1 aromatic rings. The molecular formula is C11H14FNO4S. The van der Waals surface area contributed by atoms with Gasteiger partial charge in [-0.1, -0.05) is 0 Å². The molecule has 1 aliphatic heterocycles. The summed E-state index contributed by atoms with van der Waals surface area (Å²) in [6.07, 6.45) is 0.828. The Hall–Kier alpha value is -1.34. The first-order valence-corrected chi connectivity index (χ1v) is 7.11. The van der Waals surface area contributed by atoms with Crippen LogP contribution >= 0.6 is 0 Å². The number of halogens is 1. The van der Waals surface area contributed by atoms with Gasteiger partial charge in [-0.2, -0.15) is 0 Å². The Kier molecular flexibility index (Phi) is 3.72. The van der Waals surface area contributed by atoms with Crippen LogP contribution in [0.3, 0.4) is 0 Å². The van der Waals surface area contributed by atoms with Crippen molar-refractivity contribution < 1.29 is 22.7 Å². The number of phenols is 1. The van der Waals surface area contributed by atoms with Gasteiger partial charge in [0.2, 0.25) is 10.0 Å². The normalized spacial score (nSPS) is 17.6. The van der Waals surface area contributed by atoms with Crippen molar-refractivity contribution in [1.82, 2.24) is 0 Å². The van der Waals surface area contributed by atoms with Crippen molar-refractivity contribution in [3.8, 4) is 5.75 Å². The van der Waals surface area contributed by atoms with Crippen LogP contribution in [0.25, 0.3) is 0 Å². The van der Waals surface area contributed by atoms with E-state index in [1.54, 1.807) is 0 Å². The first-order chi connectivity index (χ1) is 8.49. The molecule has 100 valence electrons. The van der Waals surface area contributed by atoms with Crippen molar-refractivity contribution in [2.24, 2.45) is 0 Å². The summed E-state index contributed by atoms with van der Waals surface area (Å²) in [6.45, 7) is 0.807. The van der Waals surface area contributed by atoms with Crippen LogP contribution in [-0.4, -0.2) is 32.0 Å². The molecule has 0 spiro atoms. The van der Waals surface area contributed by atoms with Crippen LogP contribution in [0.15, 0.2) is 18.2 Å². The minimum Gasteiger partial charge on any atom is -0.506 e. The number of nitrogens with one attached hydrogen (secondary N) is 1. The van der Waals surface area contributed by atoms with Crippen LogP contribution < -0.4 is 4.72 Å². The lowest BCUT2D eigenvalue weighted by Crippen LogP contribution is -2.33. The van der Waals surface area contributed by atoms with Crippen LogP contribution in [0.2, 0.25) is 0 Å². The fourth-order valence-corrected chi connectivity index (χ4v) is 3.27. The zero-order valence-electron chi connectivity index (χ0n) is 9.60. The second-order valence-corrected chi connectivity index (χ2v) is 6.08. The lowest BCUT2D eigenvalue weighted by atomic mass is 10.2. The van der Waals surface area contributed by atoms with E-state index in [4.69, 9.17) is 4.74 Å². The maximum Gasteiger partial charge on any atom is 0.235 e. The number of aromatic hydroxyl groups is 1. The van der Waals surface area contributed by atoms with E-state index in [9.17, 15) is 17.9 Å². The van der Waals surface area contributed by atoms with Crippen molar-refractivity contribution in [2.75, 3.05) is 17.9 Å². The second-order valence-electron chi connectivity index (χ2n) is 4.12. The smallest absolute Gasteiger partial charge is 0.235 e. The molecule has 1 aromatic carbocycles. The number of phenolic OH excluding ortho intramolecular Hbond substituents is 1. The first-order valence-electron chi connectivity index (χ1n) is 5.57. The van der Waals surface area contributed by atoms with Gasteiger partial charge in [0, 0.05) is 19.3 Å². The van der Waals surface area contributed by atoms with Crippen LogP contribution in [0.4, 0.5) is 10.1 Å². The van der Waals surface area contributed by atoms with E-state index in [1.165, 1.54) is 6.07 Å². The summed E-state index contributed by atoms with van der Waals surface area (Å²) < 4.78 is 44.2. The number of rotatable bonds is 3. The second kappa shape index (κ2) is 5.11. The summed E-state index contributed by atoms with van der Waals surface area (Å²) in [5, 5.41) is 8.92. The molecule has 1 aliphatic rings. The number of sulfonamides is 1. The van der Waals surface area contributed by atoms with Crippen molar-refractivity contribution in [1.29, 1.82) is 0 Å². The third-order valence-electron chi connectivity index (χ3n) is 2.82. The highest BCUT2D eigenvalue weighted by atomic mass is 32.2. The Labute approximate surface area is 105 Å². The molecular weight excluding hydrogens is 261 g/mol. The van der Waals surface area contributed by atoms with Gasteiger partial charge in [0.15, 0.2) is 0 Å². The van der Waals surface area contributed by atoms with E-state index < -0.39 is 26.8 Å². The van der Waals surface area contributed by atoms with Gasteiger partial charge in [-0.15, -0.1) is 0 Å². The first kappa shape index (κ1) is 13.1. The van der Waals surface area contributed by atoms with E-state index in [2.05, 4.69) is 4.72 Å². The van der Waals surface area contributed by atoms with E-state index in [1.807, 2.05) is 0 Å². The number of anilines is 1. The minimum absolute atomic E-state index is 0.0112. The fraction of sp³-hybridized carbons (Fsp3) is 0.455. The average Bonchev–Trinajstić information content (AvgIpc) is 2.34. The summed E-state index contributed by atoms with van der Waals surface area (Å²) in [5.74, 6) is -1.05. The highest BCUT2D eigenvalue weighted by Gasteiger charge is 2.28. The molecule has 0 amide bonds. The van der Waals surface area contributed by atoms with Gasteiger partial charge < -0.3 is 9.84 Å². The molecule has 0 unspecified atom stereocenters. The molecule has 7 heteroatoms. The van der Waals surface area contributed by atoms with Gasteiger partial charge in [-0.05, 0) is 25.0 Å². The van der Waals surface area contributed by atoms with Crippen LogP contribution in [0.5, 0.6) is 5.75 Å². The molecule has 2 N–H and O–H groups in total. The summed E-state index contributed by atoms with van der Waals surface area (Å²) in [7, 11) is -3.58. The van der Waals surface area contributed by atoms with Crippen molar-refractivity contribution >= 4 is 15.7 Å². The average molecular weight is 275 g/mol. The topological polar surface area (TPSA) is 75.6 Å². The molecule has 1 fully saturated rings. The summed E-state index contributed by atoms with van der Waals surface area (Å²) in [6, 6.07) is 3.14. The maximum absolute atomic E-state index is 12.8. The minimum atomic E-state index is -3.58. The quantitative estimate of drug-likeness (QED) is 0.819. The number of benzene rings is 1. The van der Waals surface area contributed by atoms with Gasteiger partial charge in [0.25, 0.3) is 0 Å². The molecule has 2 rings (SSSR count). The van der Waals surface area contributed by atoms with Crippen LogP contribution in [-0.2, 0) is 14.8 Å². The summed E-state index contributed by atoms with van der Waals surface area (Å²) in [4.78, 5) is 0. The number of hydrogen-bond donors (Lipinski definition) is 2. The van der Waals surface area contributed by atoms with Gasteiger partial charge >= 0.3 is 0 Å². The molecule has 5 nitrogen and oxygen atoms in total. The molecule has 1 saturated heterocycles. The molecule has 1 heterocycles. The standard InChI is InChI=1S/C11H14FNO4S/c12-8-1-2-10(11(14)7-8)13-18(15,16)9-3-5-17-6-4-9/h1-2,7,9,13-14H,3-6H2. The Bertz CT molecular complexity index is 526. The van der Waals surface area contributed by atoms with Gasteiger partial charge in [0.05, 0.1) is 10.9 Å². The molecule has 18 heavy (non-hydrogen) atoms. The zero-order valence-corrected chi connectivity index (χ0v) is 10.4. The highest BCUT2D eigenvalue weighted by Crippen LogP contribution is 2.27. The van der Waals surface area contributed by atoms with Crippen LogP contribution in [0, 0.1) is 5.82 Å². The Morgan fingerprint density at radius 3 is 2.61 bits per heavy atom. The molecule has 0 bridgehead atoms. The largest absolute Gasteiger partial charge is 0.506 e. The Morgan fingerprint density at radius 2 is 2.00 bits per heavy atom. The van der Waals surface area contributed by atoms with Crippen LogP contribution in [0.1, 0.15) is 12.8 Å². The molecule has 0 aromatic heterocycles. The SMILES string of the molecule is O=S(=O)(Nc1ccc(F)cc1O)C1CCOCC1. The van der Waals surface area contributed by atoms with Gasteiger partial charge in [-0.25, -0.2) is 12.8 Å². The lowest BCUT2D eigenvalue weighted by Gasteiger charge is -2.22. The molecule has 0 aliphatic carbocycles. The predicted molar refractivity (Wildman–Crippen MR) is 64.4 cm³/mol. The fourth-order valence-electron chi connectivity index (χ4n) is 1.81. The van der Waals surface area contributed by atoms with E-state index in [0.29, 0.717) is 26.1 Å². The maximum atomic E-state index is 12.8. The highest BCUT2D eigenvalue weighted by molar-refractivity contribution is 7.93. The number of ether oxygens (including phenoxy) is 1. The molecule has 0 radical (unpaired) electrons. The third-order valence-corrected chi connectivity index (χ3v) is 4.67. The Morgan fingerprint density at radius 1 is 1.33 bits per heavy atom. The molecule has 0 saturated carbocycles.